The third-order valence-electron chi connectivity index (χ3n) is 6.49. The molecule has 13 heteroatoms. The van der Waals surface area contributed by atoms with Gasteiger partial charge in [0, 0.05) is 37.7 Å². The number of aromatic nitrogens is 4. The first kappa shape index (κ1) is 25.4. The highest BCUT2D eigenvalue weighted by Gasteiger charge is 2.35. The van der Waals surface area contributed by atoms with Crippen LogP contribution in [-0.4, -0.2) is 60.8 Å². The fourth-order valence-corrected chi connectivity index (χ4v) is 4.66. The maximum absolute atomic E-state index is 14.0. The summed E-state index contributed by atoms with van der Waals surface area (Å²) in [7, 11) is 1.75. The number of nitrogens with two attached hydrogens (primary N) is 1. The summed E-state index contributed by atoms with van der Waals surface area (Å²) in [5.41, 5.74) is 6.83. The van der Waals surface area contributed by atoms with E-state index >= 15 is 0 Å². The molecular weight excluding hydrogens is 503 g/mol. The van der Waals surface area contributed by atoms with E-state index in [1.54, 1.807) is 36.1 Å². The molecule has 1 saturated heterocycles. The van der Waals surface area contributed by atoms with Gasteiger partial charge in [0.05, 0.1) is 53.1 Å². The molecule has 1 aliphatic rings. The molecule has 4 heterocycles. The minimum atomic E-state index is -4.55. The van der Waals surface area contributed by atoms with E-state index in [0.29, 0.717) is 46.8 Å². The summed E-state index contributed by atoms with van der Waals surface area (Å²) in [6.07, 6.45) is -1.75. The summed E-state index contributed by atoms with van der Waals surface area (Å²) in [5, 5.41) is 8.02. The molecule has 198 valence electrons. The maximum Gasteiger partial charge on any atom is 0.417 e. The highest BCUT2D eigenvalue weighted by Crippen LogP contribution is 2.30. The summed E-state index contributed by atoms with van der Waals surface area (Å²) >= 11 is 0. The van der Waals surface area contributed by atoms with Crippen LogP contribution in [-0.2, 0) is 29.3 Å². The summed E-state index contributed by atoms with van der Waals surface area (Å²) in [4.78, 5) is 35.1. The van der Waals surface area contributed by atoms with Crippen LogP contribution in [0, 0.1) is 0 Å². The number of carbonyl (C=O) groups excluding carboxylic acids is 2. The lowest BCUT2D eigenvalue weighted by molar-refractivity contribution is -0.148. The molecule has 2 amide bonds. The van der Waals surface area contributed by atoms with Gasteiger partial charge in [0.1, 0.15) is 5.82 Å². The third-order valence-corrected chi connectivity index (χ3v) is 6.49. The van der Waals surface area contributed by atoms with Crippen LogP contribution in [0.1, 0.15) is 35.0 Å². The Morgan fingerprint density at radius 2 is 1.97 bits per heavy atom. The zero-order chi connectivity index (χ0) is 27.2. The van der Waals surface area contributed by atoms with E-state index in [-0.39, 0.29) is 24.4 Å². The molecule has 1 aromatic carbocycles. The normalized spacial score (nSPS) is 15.8. The quantitative estimate of drug-likeness (QED) is 0.405. The lowest BCUT2D eigenvalue weighted by Crippen LogP contribution is -2.54. The Labute approximate surface area is 214 Å². The number of pyridine rings is 2. The lowest BCUT2D eigenvalue weighted by Gasteiger charge is -2.37. The van der Waals surface area contributed by atoms with Crippen LogP contribution in [0.3, 0.4) is 0 Å². The first-order valence-corrected chi connectivity index (χ1v) is 11.8. The zero-order valence-electron chi connectivity index (χ0n) is 20.6. The fourth-order valence-electron chi connectivity index (χ4n) is 4.66. The van der Waals surface area contributed by atoms with E-state index in [4.69, 9.17) is 10.5 Å². The first-order valence-electron chi connectivity index (χ1n) is 11.8. The number of rotatable bonds is 4. The summed E-state index contributed by atoms with van der Waals surface area (Å²) in [6.45, 7) is 1.73. The van der Waals surface area contributed by atoms with Gasteiger partial charge < -0.3 is 10.5 Å². The van der Waals surface area contributed by atoms with Crippen molar-refractivity contribution in [3.8, 4) is 0 Å². The third kappa shape index (κ3) is 4.60. The lowest BCUT2D eigenvalue weighted by atomic mass is 10.1. The summed E-state index contributed by atoms with van der Waals surface area (Å²) in [6, 6.07) is 6.53. The van der Waals surface area contributed by atoms with Gasteiger partial charge in [0.15, 0.2) is 0 Å². The zero-order valence-corrected chi connectivity index (χ0v) is 20.6. The van der Waals surface area contributed by atoms with Crippen molar-refractivity contribution in [2.75, 3.05) is 18.9 Å². The number of anilines is 1. The van der Waals surface area contributed by atoms with E-state index < -0.39 is 29.6 Å². The standard InChI is InChI=1S/C25H24F3N7O3/c1-14(36)35(18-7-8-38-13-18)34(12-17-5-4-16(10-30-17)25(26,27)28)24(37)15-3-6-21-19(9-15)22-20(23(29)32-21)11-31-33(22)2/h3-6,9-11,18H,7-8,12-13H2,1-2H3,(H2,29,32)/t18-/m0/s1. The van der Waals surface area contributed by atoms with Gasteiger partial charge in [-0.3, -0.25) is 19.3 Å². The monoisotopic (exact) mass is 527 g/mol. The molecule has 1 fully saturated rings. The Morgan fingerprint density at radius 1 is 1.18 bits per heavy atom. The fraction of sp³-hybridized carbons (Fsp3) is 0.320. The molecule has 5 rings (SSSR count). The topological polar surface area (TPSA) is 119 Å². The van der Waals surface area contributed by atoms with Gasteiger partial charge in [0.2, 0.25) is 5.91 Å². The largest absolute Gasteiger partial charge is 0.417 e. The number of benzene rings is 1. The second-order valence-corrected chi connectivity index (χ2v) is 9.04. The van der Waals surface area contributed by atoms with Crippen LogP contribution in [0.15, 0.2) is 42.7 Å². The van der Waals surface area contributed by atoms with Crippen molar-refractivity contribution in [3.05, 3.63) is 59.5 Å². The number of alkyl halides is 3. The smallest absolute Gasteiger partial charge is 0.383 e. The minimum absolute atomic E-state index is 0.181. The molecule has 0 aliphatic carbocycles. The number of hydrazine groups is 1. The first-order chi connectivity index (χ1) is 18.0. The molecule has 0 spiro atoms. The Balaban J connectivity index is 1.58. The molecule has 10 nitrogen and oxygen atoms in total. The molecule has 0 bridgehead atoms. The second kappa shape index (κ2) is 9.56. The van der Waals surface area contributed by atoms with Crippen molar-refractivity contribution in [2.45, 2.75) is 32.1 Å². The van der Waals surface area contributed by atoms with Crippen LogP contribution in [0.5, 0.6) is 0 Å². The molecule has 1 atom stereocenters. The highest BCUT2D eigenvalue weighted by molar-refractivity contribution is 6.10. The average Bonchev–Trinajstić information content (AvgIpc) is 3.53. The minimum Gasteiger partial charge on any atom is -0.383 e. The number of nitrogen functional groups attached to an aromatic ring is 1. The van der Waals surface area contributed by atoms with Crippen LogP contribution in [0.25, 0.3) is 21.8 Å². The molecule has 0 unspecified atom stereocenters. The van der Waals surface area contributed by atoms with Gasteiger partial charge >= 0.3 is 6.18 Å². The molecule has 1 aliphatic heterocycles. The highest BCUT2D eigenvalue weighted by atomic mass is 19.4. The van der Waals surface area contributed by atoms with Gasteiger partial charge in [0.25, 0.3) is 5.91 Å². The van der Waals surface area contributed by atoms with Crippen molar-refractivity contribution in [1.82, 2.24) is 29.8 Å². The van der Waals surface area contributed by atoms with E-state index in [9.17, 15) is 22.8 Å². The van der Waals surface area contributed by atoms with E-state index in [1.807, 2.05) is 0 Å². The number of ether oxygens (including phenoxy) is 1. The van der Waals surface area contributed by atoms with E-state index in [0.717, 1.165) is 6.07 Å². The van der Waals surface area contributed by atoms with E-state index in [1.165, 1.54) is 23.0 Å². The molecule has 2 N–H and O–H groups in total. The van der Waals surface area contributed by atoms with Gasteiger partial charge in [-0.2, -0.15) is 18.3 Å². The Morgan fingerprint density at radius 3 is 2.61 bits per heavy atom. The number of nitrogens with zero attached hydrogens (tertiary/aromatic N) is 6. The van der Waals surface area contributed by atoms with Crippen molar-refractivity contribution in [1.29, 1.82) is 0 Å². The number of fused-ring (bicyclic) bond motifs is 3. The average molecular weight is 528 g/mol. The van der Waals surface area contributed by atoms with Crippen molar-refractivity contribution < 1.29 is 27.5 Å². The maximum atomic E-state index is 14.0. The van der Waals surface area contributed by atoms with Crippen LogP contribution < -0.4 is 5.73 Å². The SMILES string of the molecule is CC(=O)N([C@H]1CCOC1)N(Cc1ccc(C(F)(F)F)cn1)C(=O)c1ccc2nc(N)c3cnn(C)c3c2c1. The van der Waals surface area contributed by atoms with Crippen molar-refractivity contribution in [2.24, 2.45) is 7.05 Å². The van der Waals surface area contributed by atoms with Crippen LogP contribution >= 0.6 is 0 Å². The van der Waals surface area contributed by atoms with Crippen molar-refractivity contribution >= 4 is 39.4 Å². The number of halogens is 3. The number of hydrogen-bond donors (Lipinski definition) is 1. The number of aryl methyl sites for hydroxylation is 1. The van der Waals surface area contributed by atoms with Crippen LogP contribution in [0.2, 0.25) is 0 Å². The second-order valence-electron chi connectivity index (χ2n) is 9.04. The molecule has 3 aromatic heterocycles. The Hall–Kier alpha value is -4.26. The van der Waals surface area contributed by atoms with Gasteiger partial charge in [-0.1, -0.05) is 0 Å². The molecule has 0 radical (unpaired) electrons. The number of hydrogen-bond acceptors (Lipinski definition) is 7. The molecule has 0 saturated carbocycles. The Kier molecular flexibility index (Phi) is 6.39. The van der Waals surface area contributed by atoms with Gasteiger partial charge in [-0.05, 0) is 36.8 Å². The van der Waals surface area contributed by atoms with Crippen LogP contribution in [0.4, 0.5) is 19.0 Å². The summed E-state index contributed by atoms with van der Waals surface area (Å²) < 4.78 is 46.2. The molecule has 4 aromatic rings. The predicted octanol–water partition coefficient (Wildman–Crippen LogP) is 3.31. The number of amides is 2. The summed E-state index contributed by atoms with van der Waals surface area (Å²) in [5.74, 6) is -0.647. The molecular formula is C25H24F3N7O3. The van der Waals surface area contributed by atoms with Gasteiger partial charge in [-0.25, -0.2) is 15.0 Å². The molecule has 38 heavy (non-hydrogen) atoms. The Bertz CT molecular complexity index is 1530. The predicted molar refractivity (Wildman–Crippen MR) is 131 cm³/mol. The number of carbonyl (C=O) groups is 2. The van der Waals surface area contributed by atoms with Gasteiger partial charge in [-0.15, -0.1) is 0 Å². The van der Waals surface area contributed by atoms with E-state index in [2.05, 4.69) is 15.1 Å². The van der Waals surface area contributed by atoms with Crippen molar-refractivity contribution in [3.63, 3.8) is 0 Å².